The van der Waals surface area contributed by atoms with Gasteiger partial charge in [-0.15, -0.1) is 0 Å². The molecule has 8 heavy (non-hydrogen) atoms. The van der Waals surface area contributed by atoms with E-state index in [4.69, 9.17) is 0 Å². The van der Waals surface area contributed by atoms with Gasteiger partial charge in [-0.05, 0) is 20.3 Å². The molecule has 2 unspecified atom stereocenters. The number of alkyl halides is 2. The normalized spacial score (nSPS) is 22.1. The summed E-state index contributed by atoms with van der Waals surface area (Å²) in [6.07, 6.45) is 1.20. The van der Waals surface area contributed by atoms with Crippen molar-refractivity contribution in [2.75, 3.05) is 0 Å². The minimum Gasteiger partial charge on any atom is -0.0812 e. The summed E-state index contributed by atoms with van der Waals surface area (Å²) in [6.45, 7) is 8.39. The van der Waals surface area contributed by atoms with Gasteiger partial charge in [0.15, 0.2) is 0 Å². The highest BCUT2D eigenvalue weighted by atomic mass is 127. The van der Waals surface area contributed by atoms with Gasteiger partial charge in [0.1, 0.15) is 0 Å². The first-order valence-corrected chi connectivity index (χ1v) is 4.99. The molecular weight excluding hydrogens is 326 g/mol. The molecule has 0 aromatic carbocycles. The highest BCUT2D eigenvalue weighted by Gasteiger charge is 2.22. The fourth-order valence-electron chi connectivity index (χ4n) is 0.221. The first-order chi connectivity index (χ1) is 3.50. The van der Waals surface area contributed by atoms with Crippen LogP contribution in [0.5, 0.6) is 0 Å². The Morgan fingerprint density at radius 2 is 2.12 bits per heavy atom. The molecule has 0 bridgehead atoms. The molecule has 0 saturated carbocycles. The van der Waals surface area contributed by atoms with Gasteiger partial charge in [-0.25, -0.2) is 0 Å². The Morgan fingerprint density at radius 1 is 1.75 bits per heavy atom. The van der Waals surface area contributed by atoms with E-state index in [-0.39, 0.29) is 0 Å². The Kier molecular flexibility index (Phi) is 4.24. The van der Waals surface area contributed by atoms with Gasteiger partial charge in [-0.1, -0.05) is 52.1 Å². The van der Waals surface area contributed by atoms with E-state index in [1.807, 2.05) is 0 Å². The number of hydrogen-bond acceptors (Lipinski definition) is 0. The summed E-state index contributed by atoms with van der Waals surface area (Å²) in [7, 11) is 0. The fraction of sp³-hybridized carbons (Fsp3) is 0.833. The molecule has 0 aliphatic heterocycles. The maximum absolute atomic E-state index is 3.96. The molecule has 49 valence electrons. The Bertz CT molecular complexity index is 66.9. The third-order valence-electron chi connectivity index (χ3n) is 1.34. The SMILES string of the molecule is [CH2]C(I)C(C)(I)CC. The van der Waals surface area contributed by atoms with E-state index < -0.39 is 0 Å². The Hall–Kier alpha value is 1.46. The van der Waals surface area contributed by atoms with Crippen LogP contribution in [-0.4, -0.2) is 7.35 Å². The zero-order valence-electron chi connectivity index (χ0n) is 5.25. The molecule has 0 heterocycles. The van der Waals surface area contributed by atoms with Crippen molar-refractivity contribution in [3.8, 4) is 0 Å². The first kappa shape index (κ1) is 9.46. The third-order valence-corrected chi connectivity index (χ3v) is 5.43. The van der Waals surface area contributed by atoms with Crippen LogP contribution < -0.4 is 0 Å². The molecule has 0 aliphatic carbocycles. The van der Waals surface area contributed by atoms with Crippen molar-refractivity contribution < 1.29 is 0 Å². The van der Waals surface area contributed by atoms with E-state index in [0.29, 0.717) is 7.35 Å². The molecule has 0 spiro atoms. The molecule has 0 aromatic heterocycles. The van der Waals surface area contributed by atoms with Gasteiger partial charge in [-0.2, -0.15) is 0 Å². The summed E-state index contributed by atoms with van der Waals surface area (Å²) >= 11 is 4.83. The smallest absolute Gasteiger partial charge is 0.0309 e. The minimum atomic E-state index is 0.387. The van der Waals surface area contributed by atoms with Crippen molar-refractivity contribution in [1.82, 2.24) is 0 Å². The Morgan fingerprint density at radius 3 is 2.12 bits per heavy atom. The summed E-state index contributed by atoms with van der Waals surface area (Å²) in [6, 6.07) is 0. The van der Waals surface area contributed by atoms with Gasteiger partial charge >= 0.3 is 0 Å². The molecule has 2 atom stereocenters. The fourth-order valence-corrected chi connectivity index (χ4v) is 0.662. The van der Waals surface area contributed by atoms with Crippen LogP contribution >= 0.6 is 45.2 Å². The van der Waals surface area contributed by atoms with Gasteiger partial charge in [0.25, 0.3) is 0 Å². The van der Waals surface area contributed by atoms with Crippen LogP contribution in [0, 0.1) is 6.92 Å². The van der Waals surface area contributed by atoms with E-state index in [2.05, 4.69) is 66.0 Å². The summed E-state index contributed by atoms with van der Waals surface area (Å²) in [5.41, 5.74) is 0. The number of halogens is 2. The third kappa shape index (κ3) is 2.85. The van der Waals surface area contributed by atoms with Crippen LogP contribution in [0.1, 0.15) is 20.3 Å². The van der Waals surface area contributed by atoms with Crippen LogP contribution in [0.3, 0.4) is 0 Å². The summed E-state index contributed by atoms with van der Waals surface area (Å²) < 4.78 is 0.906. The zero-order valence-corrected chi connectivity index (χ0v) is 9.56. The summed E-state index contributed by atoms with van der Waals surface area (Å²) in [5, 5.41) is 0. The molecule has 1 radical (unpaired) electrons. The van der Waals surface area contributed by atoms with Gasteiger partial charge in [0.05, 0.1) is 0 Å². The predicted octanol–water partition coefficient (Wildman–Crippen LogP) is 3.23. The maximum Gasteiger partial charge on any atom is 0.0309 e. The topological polar surface area (TPSA) is 0 Å². The van der Waals surface area contributed by atoms with E-state index in [0.717, 1.165) is 0 Å². The van der Waals surface area contributed by atoms with E-state index in [9.17, 15) is 0 Å². The molecule has 2 heteroatoms. The van der Waals surface area contributed by atoms with Crippen LogP contribution in [-0.2, 0) is 0 Å². The molecule has 0 saturated heterocycles. The quantitative estimate of drug-likeness (QED) is 0.536. The summed E-state index contributed by atoms with van der Waals surface area (Å²) in [4.78, 5) is 0. The molecule has 0 aliphatic rings. The van der Waals surface area contributed by atoms with E-state index in [1.165, 1.54) is 6.42 Å². The Labute approximate surface area is 79.1 Å². The highest BCUT2D eigenvalue weighted by molar-refractivity contribution is 14.1. The second-order valence-corrected chi connectivity index (χ2v) is 6.07. The molecular formula is C6H11I2. The maximum atomic E-state index is 3.96. The van der Waals surface area contributed by atoms with Crippen LogP contribution in [0.15, 0.2) is 0 Å². The van der Waals surface area contributed by atoms with Gasteiger partial charge in [-0.3, -0.25) is 0 Å². The van der Waals surface area contributed by atoms with E-state index >= 15 is 0 Å². The van der Waals surface area contributed by atoms with Gasteiger partial charge in [0, 0.05) is 7.35 Å². The lowest BCUT2D eigenvalue weighted by atomic mass is 10.1. The first-order valence-electron chi connectivity index (χ1n) is 2.66. The minimum absolute atomic E-state index is 0.387. The predicted molar refractivity (Wildman–Crippen MR) is 55.9 cm³/mol. The van der Waals surface area contributed by atoms with Crippen LogP contribution in [0.25, 0.3) is 0 Å². The number of hydrogen-bond donors (Lipinski definition) is 0. The Balaban J connectivity index is 3.71. The monoisotopic (exact) mass is 337 g/mol. The molecule has 0 amide bonds. The second kappa shape index (κ2) is 3.58. The average molecular weight is 337 g/mol. The van der Waals surface area contributed by atoms with Crippen molar-refractivity contribution in [3.05, 3.63) is 6.92 Å². The zero-order chi connectivity index (χ0) is 6.78. The lowest BCUT2D eigenvalue weighted by molar-refractivity contribution is 0.686. The number of rotatable bonds is 2. The summed E-state index contributed by atoms with van der Waals surface area (Å²) in [5.74, 6) is 0. The lowest BCUT2D eigenvalue weighted by Crippen LogP contribution is -2.24. The highest BCUT2D eigenvalue weighted by Crippen LogP contribution is 2.30. The van der Waals surface area contributed by atoms with E-state index in [1.54, 1.807) is 0 Å². The molecule has 0 aromatic rings. The standard InChI is InChI=1S/C6H11I2/c1-4-6(3,8)5(2)7/h5H,2,4H2,1,3H3. The van der Waals surface area contributed by atoms with Gasteiger partial charge in [0.2, 0.25) is 0 Å². The second-order valence-electron chi connectivity index (χ2n) is 2.10. The largest absolute Gasteiger partial charge is 0.0812 e. The van der Waals surface area contributed by atoms with Gasteiger partial charge < -0.3 is 0 Å². The van der Waals surface area contributed by atoms with Crippen LogP contribution in [0.4, 0.5) is 0 Å². The van der Waals surface area contributed by atoms with Crippen LogP contribution in [0.2, 0.25) is 0 Å². The molecule has 0 N–H and O–H groups in total. The molecule has 0 fully saturated rings. The molecule has 0 nitrogen and oxygen atoms in total. The van der Waals surface area contributed by atoms with Crippen molar-refractivity contribution in [2.45, 2.75) is 27.6 Å². The van der Waals surface area contributed by atoms with Crippen molar-refractivity contribution in [3.63, 3.8) is 0 Å². The van der Waals surface area contributed by atoms with Crippen molar-refractivity contribution in [1.29, 1.82) is 0 Å². The van der Waals surface area contributed by atoms with Crippen molar-refractivity contribution in [2.24, 2.45) is 0 Å². The van der Waals surface area contributed by atoms with Crippen molar-refractivity contribution >= 4 is 45.2 Å². The average Bonchev–Trinajstić information content (AvgIpc) is 1.67. The lowest BCUT2D eigenvalue weighted by Gasteiger charge is -2.23. The molecule has 0 rings (SSSR count).